The Morgan fingerprint density at radius 2 is 2.18 bits per heavy atom. The third-order valence-corrected chi connectivity index (χ3v) is 2.88. The maximum absolute atomic E-state index is 11.4. The minimum absolute atomic E-state index is 0.0762. The molecule has 2 aromatic rings. The molecule has 6 nitrogen and oxygen atoms in total. The van der Waals surface area contributed by atoms with E-state index >= 15 is 0 Å². The maximum Gasteiger partial charge on any atom is 0.252 e. The van der Waals surface area contributed by atoms with Crippen molar-refractivity contribution >= 4 is 39.4 Å². The van der Waals surface area contributed by atoms with Crippen LogP contribution in [0.15, 0.2) is 22.9 Å². The minimum atomic E-state index is -0.647. The molecular weight excluding hydrogens is 309 g/mol. The van der Waals surface area contributed by atoms with Crippen molar-refractivity contribution in [2.75, 3.05) is 5.73 Å². The first-order valence-corrected chi connectivity index (χ1v) is 5.64. The molecule has 0 bridgehead atoms. The number of carbonyl (C=O) groups excluding carboxylic acids is 1. The van der Waals surface area contributed by atoms with Gasteiger partial charge in [0.1, 0.15) is 0 Å². The first-order valence-electron chi connectivity index (χ1n) is 4.47. The molecule has 1 aromatic carbocycles. The SMILES string of the molecule is NC(=O)c1c(Cl)cccc1-n1nc(N)nc1Br. The molecule has 0 aliphatic heterocycles. The van der Waals surface area contributed by atoms with E-state index in [4.69, 9.17) is 23.1 Å². The van der Waals surface area contributed by atoms with Crippen LogP contribution in [-0.2, 0) is 0 Å². The predicted molar refractivity (Wildman–Crippen MR) is 67.0 cm³/mol. The Labute approximate surface area is 110 Å². The van der Waals surface area contributed by atoms with Gasteiger partial charge < -0.3 is 11.5 Å². The molecule has 0 radical (unpaired) electrons. The summed E-state index contributed by atoms with van der Waals surface area (Å²) in [6.07, 6.45) is 0. The van der Waals surface area contributed by atoms with Gasteiger partial charge in [0.05, 0.1) is 16.3 Å². The van der Waals surface area contributed by atoms with Gasteiger partial charge in [-0.15, -0.1) is 5.10 Å². The summed E-state index contributed by atoms with van der Waals surface area (Å²) in [6.45, 7) is 0. The van der Waals surface area contributed by atoms with Gasteiger partial charge in [0, 0.05) is 0 Å². The third-order valence-electron chi connectivity index (χ3n) is 2.05. The Morgan fingerprint density at radius 1 is 1.47 bits per heavy atom. The molecule has 17 heavy (non-hydrogen) atoms. The van der Waals surface area contributed by atoms with Crippen molar-refractivity contribution in [1.82, 2.24) is 14.8 Å². The number of primary amides is 1. The Hall–Kier alpha value is -1.60. The molecule has 8 heteroatoms. The van der Waals surface area contributed by atoms with Crippen LogP contribution in [-0.4, -0.2) is 20.7 Å². The zero-order valence-corrected chi connectivity index (χ0v) is 10.7. The fraction of sp³-hybridized carbons (Fsp3) is 0. The second-order valence-corrected chi connectivity index (χ2v) is 4.27. The van der Waals surface area contributed by atoms with Gasteiger partial charge in [-0.05, 0) is 28.1 Å². The number of aromatic nitrogens is 3. The first-order chi connectivity index (χ1) is 8.00. The Kier molecular flexibility index (Phi) is 3.03. The molecule has 0 atom stereocenters. The number of anilines is 1. The molecule has 4 N–H and O–H groups in total. The summed E-state index contributed by atoms with van der Waals surface area (Å²) in [4.78, 5) is 15.2. The fourth-order valence-electron chi connectivity index (χ4n) is 1.39. The van der Waals surface area contributed by atoms with Gasteiger partial charge in [0.2, 0.25) is 10.7 Å². The molecule has 0 aliphatic rings. The van der Waals surface area contributed by atoms with Crippen molar-refractivity contribution in [3.8, 4) is 5.69 Å². The van der Waals surface area contributed by atoms with E-state index in [1.165, 1.54) is 4.68 Å². The van der Waals surface area contributed by atoms with Crippen molar-refractivity contribution < 1.29 is 4.79 Å². The highest BCUT2D eigenvalue weighted by Crippen LogP contribution is 2.25. The number of halogens is 2. The highest BCUT2D eigenvalue weighted by Gasteiger charge is 2.17. The number of nitrogens with zero attached hydrogens (tertiary/aromatic N) is 3. The molecule has 88 valence electrons. The summed E-state index contributed by atoms with van der Waals surface area (Å²) >= 11 is 9.10. The standard InChI is InChI=1S/C9H7BrClN5O/c10-8-14-9(13)15-16(8)5-3-1-2-4(11)6(5)7(12)17/h1-3H,(H2,12,17)(H2,13,15). The second kappa shape index (κ2) is 4.34. The number of nitrogen functional groups attached to an aromatic ring is 1. The number of hydrogen-bond donors (Lipinski definition) is 2. The normalized spacial score (nSPS) is 10.5. The van der Waals surface area contributed by atoms with Gasteiger partial charge in [-0.25, -0.2) is 4.68 Å². The second-order valence-electron chi connectivity index (χ2n) is 3.15. The van der Waals surface area contributed by atoms with E-state index in [-0.39, 0.29) is 16.5 Å². The lowest BCUT2D eigenvalue weighted by molar-refractivity contribution is 0.100. The van der Waals surface area contributed by atoms with Crippen molar-refractivity contribution in [2.45, 2.75) is 0 Å². The van der Waals surface area contributed by atoms with E-state index in [1.807, 2.05) is 0 Å². The zero-order valence-electron chi connectivity index (χ0n) is 8.39. The Morgan fingerprint density at radius 3 is 2.71 bits per heavy atom. The number of benzene rings is 1. The van der Waals surface area contributed by atoms with Crippen molar-refractivity contribution in [2.24, 2.45) is 5.73 Å². The average molecular weight is 317 g/mol. The van der Waals surface area contributed by atoms with Gasteiger partial charge in [-0.1, -0.05) is 17.7 Å². The maximum atomic E-state index is 11.4. The summed E-state index contributed by atoms with van der Waals surface area (Å²) in [6, 6.07) is 4.89. The minimum Gasteiger partial charge on any atom is -0.366 e. The molecule has 0 aliphatic carbocycles. The molecule has 0 saturated carbocycles. The molecule has 0 saturated heterocycles. The molecular formula is C9H7BrClN5O. The number of nitrogens with two attached hydrogens (primary N) is 2. The average Bonchev–Trinajstić information content (AvgIpc) is 2.56. The molecule has 2 rings (SSSR count). The Balaban J connectivity index is 2.71. The van der Waals surface area contributed by atoms with Crippen molar-refractivity contribution in [3.63, 3.8) is 0 Å². The van der Waals surface area contributed by atoms with E-state index < -0.39 is 5.91 Å². The lowest BCUT2D eigenvalue weighted by Crippen LogP contribution is -2.16. The smallest absolute Gasteiger partial charge is 0.252 e. The van der Waals surface area contributed by atoms with Crippen LogP contribution < -0.4 is 11.5 Å². The van der Waals surface area contributed by atoms with Gasteiger partial charge in [-0.3, -0.25) is 4.79 Å². The highest BCUT2D eigenvalue weighted by molar-refractivity contribution is 9.10. The number of hydrogen-bond acceptors (Lipinski definition) is 4. The van der Waals surface area contributed by atoms with Crippen LogP contribution in [0.4, 0.5) is 5.95 Å². The Bertz CT molecular complexity index is 597. The first kappa shape index (κ1) is 11.9. The molecule has 0 fully saturated rings. The summed E-state index contributed by atoms with van der Waals surface area (Å²) in [5.74, 6) is -0.571. The fourth-order valence-corrected chi connectivity index (χ4v) is 2.11. The van der Waals surface area contributed by atoms with E-state index in [2.05, 4.69) is 26.0 Å². The van der Waals surface area contributed by atoms with Crippen LogP contribution in [0.5, 0.6) is 0 Å². The zero-order chi connectivity index (χ0) is 12.6. The van der Waals surface area contributed by atoms with Gasteiger partial charge in [0.15, 0.2) is 0 Å². The van der Waals surface area contributed by atoms with E-state index in [0.717, 1.165) is 0 Å². The van der Waals surface area contributed by atoms with Crippen LogP contribution in [0.25, 0.3) is 5.69 Å². The summed E-state index contributed by atoms with van der Waals surface area (Å²) in [5.41, 5.74) is 11.3. The highest BCUT2D eigenvalue weighted by atomic mass is 79.9. The quantitative estimate of drug-likeness (QED) is 0.873. The van der Waals surface area contributed by atoms with Crippen LogP contribution in [0.1, 0.15) is 10.4 Å². The number of carbonyl (C=O) groups is 1. The van der Waals surface area contributed by atoms with Crippen LogP contribution >= 0.6 is 27.5 Å². The van der Waals surface area contributed by atoms with Gasteiger partial charge in [0.25, 0.3) is 5.91 Å². The number of rotatable bonds is 2. The van der Waals surface area contributed by atoms with Crippen molar-refractivity contribution in [1.29, 1.82) is 0 Å². The number of amides is 1. The van der Waals surface area contributed by atoms with Gasteiger partial charge in [-0.2, -0.15) is 4.98 Å². The van der Waals surface area contributed by atoms with Crippen LogP contribution in [0, 0.1) is 0 Å². The molecule has 1 amide bonds. The molecule has 0 spiro atoms. The molecule has 1 aromatic heterocycles. The largest absolute Gasteiger partial charge is 0.366 e. The lowest BCUT2D eigenvalue weighted by Gasteiger charge is -2.08. The van der Waals surface area contributed by atoms with Crippen molar-refractivity contribution in [3.05, 3.63) is 33.5 Å². The van der Waals surface area contributed by atoms with Crippen LogP contribution in [0.2, 0.25) is 5.02 Å². The monoisotopic (exact) mass is 315 g/mol. The predicted octanol–water partition coefficient (Wildman–Crippen LogP) is 1.36. The third kappa shape index (κ3) is 2.11. The molecule has 0 unspecified atom stereocenters. The van der Waals surface area contributed by atoms with E-state index in [0.29, 0.717) is 10.4 Å². The summed E-state index contributed by atoms with van der Waals surface area (Å²) in [5, 5.41) is 4.18. The van der Waals surface area contributed by atoms with E-state index in [1.54, 1.807) is 18.2 Å². The summed E-state index contributed by atoms with van der Waals surface area (Å²) < 4.78 is 1.71. The van der Waals surface area contributed by atoms with E-state index in [9.17, 15) is 4.79 Å². The van der Waals surface area contributed by atoms with Crippen LogP contribution in [0.3, 0.4) is 0 Å². The lowest BCUT2D eigenvalue weighted by atomic mass is 10.1. The molecule has 1 heterocycles. The van der Waals surface area contributed by atoms with Gasteiger partial charge >= 0.3 is 0 Å². The topological polar surface area (TPSA) is 99.8 Å². The summed E-state index contributed by atoms with van der Waals surface area (Å²) in [7, 11) is 0.